The van der Waals surface area contributed by atoms with E-state index in [1.807, 2.05) is 6.07 Å². The van der Waals surface area contributed by atoms with Gasteiger partial charge in [-0.3, -0.25) is 0 Å². The minimum Gasteiger partial charge on any atom is -0.503 e. The lowest BCUT2D eigenvalue weighted by molar-refractivity contribution is 0.149. The number of phenols is 1. The van der Waals surface area contributed by atoms with E-state index in [0.717, 1.165) is 25.7 Å². The molecule has 98 valence electrons. The molecule has 1 aliphatic carbocycles. The molecule has 0 spiro atoms. The van der Waals surface area contributed by atoms with Gasteiger partial charge in [0.1, 0.15) is 17.7 Å². The van der Waals surface area contributed by atoms with Gasteiger partial charge in [0.25, 0.3) is 0 Å². The molecule has 1 saturated carbocycles. The van der Waals surface area contributed by atoms with Crippen molar-refractivity contribution < 1.29 is 9.84 Å². The molecule has 1 fully saturated rings. The Kier molecular flexibility index (Phi) is 3.92. The van der Waals surface area contributed by atoms with Gasteiger partial charge in [0.15, 0.2) is 11.5 Å². The molecule has 0 heterocycles. The third-order valence-corrected chi connectivity index (χ3v) is 3.52. The molecule has 0 aromatic heterocycles. The van der Waals surface area contributed by atoms with E-state index >= 15 is 0 Å². The molecule has 2 rings (SSSR count). The van der Waals surface area contributed by atoms with Gasteiger partial charge in [-0.25, -0.2) is 0 Å². The Morgan fingerprint density at radius 1 is 1.21 bits per heavy atom. The Balaban J connectivity index is 2.39. The van der Waals surface area contributed by atoms with E-state index in [1.54, 1.807) is 6.92 Å². The average Bonchev–Trinajstić information content (AvgIpc) is 2.44. The van der Waals surface area contributed by atoms with E-state index in [0.29, 0.717) is 11.1 Å². The fourth-order valence-corrected chi connectivity index (χ4v) is 2.47. The summed E-state index contributed by atoms with van der Waals surface area (Å²) in [5.41, 5.74) is 1.13. The highest BCUT2D eigenvalue weighted by molar-refractivity contribution is 5.62. The third-order valence-electron chi connectivity index (χ3n) is 3.52. The van der Waals surface area contributed by atoms with Gasteiger partial charge in [0.2, 0.25) is 0 Å². The Hall–Kier alpha value is -2.20. The quantitative estimate of drug-likeness (QED) is 0.881. The van der Waals surface area contributed by atoms with Gasteiger partial charge in [-0.05, 0) is 44.2 Å². The van der Waals surface area contributed by atoms with Crippen molar-refractivity contribution in [1.29, 1.82) is 10.5 Å². The van der Waals surface area contributed by atoms with Crippen LogP contribution in [0.4, 0.5) is 0 Å². The third kappa shape index (κ3) is 2.63. The molecule has 1 aromatic rings. The van der Waals surface area contributed by atoms with E-state index in [2.05, 4.69) is 6.07 Å². The molecule has 0 radical (unpaired) electrons. The predicted octanol–water partition coefficient (Wildman–Crippen LogP) is 3.16. The molecule has 0 amide bonds. The van der Waals surface area contributed by atoms with Crippen molar-refractivity contribution in [2.45, 2.75) is 45.1 Å². The zero-order chi connectivity index (χ0) is 13.8. The summed E-state index contributed by atoms with van der Waals surface area (Å²) in [5, 5.41) is 28.2. The van der Waals surface area contributed by atoms with Crippen molar-refractivity contribution >= 4 is 0 Å². The van der Waals surface area contributed by atoms with Crippen molar-refractivity contribution in [1.82, 2.24) is 0 Å². The molecule has 0 bridgehead atoms. The van der Waals surface area contributed by atoms with Crippen LogP contribution in [0.2, 0.25) is 0 Å². The maximum absolute atomic E-state index is 10.1. The molecule has 0 atom stereocenters. The SMILES string of the molecule is Cc1cc(C#N)c(O)c(OC2CCCCC2)c1C#N. The summed E-state index contributed by atoms with van der Waals surface area (Å²) in [4.78, 5) is 0. The summed E-state index contributed by atoms with van der Waals surface area (Å²) in [7, 11) is 0. The van der Waals surface area contributed by atoms with Crippen LogP contribution in [-0.4, -0.2) is 11.2 Å². The van der Waals surface area contributed by atoms with Crippen LogP contribution in [0.15, 0.2) is 6.07 Å². The number of phenolic OH excluding ortho intramolecular Hbond substituents is 1. The largest absolute Gasteiger partial charge is 0.503 e. The van der Waals surface area contributed by atoms with Crippen molar-refractivity contribution in [2.75, 3.05) is 0 Å². The zero-order valence-corrected chi connectivity index (χ0v) is 10.9. The summed E-state index contributed by atoms with van der Waals surface area (Å²) in [6.45, 7) is 1.74. The van der Waals surface area contributed by atoms with Crippen molar-refractivity contribution in [3.63, 3.8) is 0 Å². The van der Waals surface area contributed by atoms with E-state index in [4.69, 9.17) is 10.00 Å². The van der Waals surface area contributed by atoms with Crippen LogP contribution in [0.1, 0.15) is 48.8 Å². The summed E-state index contributed by atoms with van der Waals surface area (Å²) in [6, 6.07) is 5.49. The number of nitriles is 2. The second-order valence-corrected chi connectivity index (χ2v) is 4.90. The molecule has 0 aliphatic heterocycles. The Morgan fingerprint density at radius 3 is 2.47 bits per heavy atom. The van der Waals surface area contributed by atoms with Gasteiger partial charge in [-0.2, -0.15) is 10.5 Å². The fourth-order valence-electron chi connectivity index (χ4n) is 2.47. The first-order chi connectivity index (χ1) is 9.17. The van der Waals surface area contributed by atoms with Gasteiger partial charge in [-0.1, -0.05) is 6.42 Å². The highest BCUT2D eigenvalue weighted by Gasteiger charge is 2.22. The smallest absolute Gasteiger partial charge is 0.180 e. The van der Waals surface area contributed by atoms with E-state index in [-0.39, 0.29) is 23.2 Å². The predicted molar refractivity (Wildman–Crippen MR) is 69.8 cm³/mol. The lowest BCUT2D eigenvalue weighted by Crippen LogP contribution is -2.20. The van der Waals surface area contributed by atoms with E-state index < -0.39 is 0 Å². The Morgan fingerprint density at radius 2 is 1.89 bits per heavy atom. The van der Waals surface area contributed by atoms with Crippen molar-refractivity contribution in [3.8, 4) is 23.6 Å². The van der Waals surface area contributed by atoms with Gasteiger partial charge < -0.3 is 9.84 Å². The maximum Gasteiger partial charge on any atom is 0.180 e. The molecule has 0 unspecified atom stereocenters. The fraction of sp³-hybridized carbons (Fsp3) is 0.467. The summed E-state index contributed by atoms with van der Waals surface area (Å²) < 4.78 is 5.81. The standard InChI is InChI=1S/C15H16N2O2/c1-10-7-11(8-16)14(18)15(13(10)9-17)19-12-5-3-2-4-6-12/h7,12,18H,2-6H2,1H3. The topological polar surface area (TPSA) is 77.0 Å². The number of ether oxygens (including phenoxy) is 1. The van der Waals surface area contributed by atoms with E-state index in [1.165, 1.54) is 12.5 Å². The summed E-state index contributed by atoms with van der Waals surface area (Å²) >= 11 is 0. The normalized spacial score (nSPS) is 15.5. The number of nitrogens with zero attached hydrogens (tertiary/aromatic N) is 2. The molecule has 1 N–H and O–H groups in total. The molecular formula is C15H16N2O2. The Labute approximate surface area is 112 Å². The first kappa shape index (κ1) is 13.2. The van der Waals surface area contributed by atoms with Crippen LogP contribution in [0.5, 0.6) is 11.5 Å². The van der Waals surface area contributed by atoms with Gasteiger partial charge in [-0.15, -0.1) is 0 Å². The van der Waals surface area contributed by atoms with Crippen LogP contribution in [-0.2, 0) is 0 Å². The molecule has 4 heteroatoms. The number of aromatic hydroxyl groups is 1. The number of hydrogen-bond donors (Lipinski definition) is 1. The number of hydrogen-bond acceptors (Lipinski definition) is 4. The first-order valence-electron chi connectivity index (χ1n) is 6.50. The monoisotopic (exact) mass is 256 g/mol. The van der Waals surface area contributed by atoms with Gasteiger partial charge >= 0.3 is 0 Å². The van der Waals surface area contributed by atoms with Crippen LogP contribution >= 0.6 is 0 Å². The minimum absolute atomic E-state index is 0.0279. The van der Waals surface area contributed by atoms with E-state index in [9.17, 15) is 10.4 Å². The molecule has 1 aromatic carbocycles. The van der Waals surface area contributed by atoms with Crippen LogP contribution in [0.25, 0.3) is 0 Å². The summed E-state index contributed by atoms with van der Waals surface area (Å²) in [5.74, 6) is -0.0406. The van der Waals surface area contributed by atoms with Gasteiger partial charge in [0.05, 0.1) is 11.7 Å². The highest BCUT2D eigenvalue weighted by Crippen LogP contribution is 2.37. The molecule has 0 saturated heterocycles. The van der Waals surface area contributed by atoms with Crippen LogP contribution in [0.3, 0.4) is 0 Å². The number of aryl methyl sites for hydroxylation is 1. The van der Waals surface area contributed by atoms with Gasteiger partial charge in [0, 0.05) is 0 Å². The number of benzene rings is 1. The van der Waals surface area contributed by atoms with Crippen LogP contribution < -0.4 is 4.74 Å². The zero-order valence-electron chi connectivity index (χ0n) is 10.9. The lowest BCUT2D eigenvalue weighted by Gasteiger charge is -2.24. The second-order valence-electron chi connectivity index (χ2n) is 4.90. The molecule has 4 nitrogen and oxygen atoms in total. The molecule has 19 heavy (non-hydrogen) atoms. The molecular weight excluding hydrogens is 240 g/mol. The van der Waals surface area contributed by atoms with Crippen molar-refractivity contribution in [3.05, 3.63) is 22.8 Å². The van der Waals surface area contributed by atoms with Crippen LogP contribution in [0, 0.1) is 29.6 Å². The highest BCUT2D eigenvalue weighted by atomic mass is 16.5. The minimum atomic E-state index is -0.213. The average molecular weight is 256 g/mol. The summed E-state index contributed by atoms with van der Waals surface area (Å²) in [6.07, 6.45) is 5.29. The molecule has 1 aliphatic rings. The number of rotatable bonds is 2. The first-order valence-corrected chi connectivity index (χ1v) is 6.50. The lowest BCUT2D eigenvalue weighted by atomic mass is 9.97. The van der Waals surface area contributed by atoms with Crippen molar-refractivity contribution in [2.24, 2.45) is 0 Å². The maximum atomic E-state index is 10.1. The Bertz CT molecular complexity index is 561. The second kappa shape index (κ2) is 5.63.